The van der Waals surface area contributed by atoms with Crippen LogP contribution < -0.4 is 15.1 Å². The summed E-state index contributed by atoms with van der Waals surface area (Å²) in [5.74, 6) is 1.48. The number of methoxy groups -OCH3 is 1. The minimum Gasteiger partial charge on any atom is -0.494 e. The number of nitrogens with zero attached hydrogens (tertiary/aromatic N) is 3. The second-order valence-corrected chi connectivity index (χ2v) is 6.98. The van der Waals surface area contributed by atoms with Crippen LogP contribution in [0.3, 0.4) is 0 Å². The average molecular weight is 473 g/mol. The van der Waals surface area contributed by atoms with Gasteiger partial charge in [0, 0.05) is 16.1 Å². The number of anilines is 4. The van der Waals surface area contributed by atoms with Gasteiger partial charge in [-0.15, -0.1) is 12.4 Å². The lowest BCUT2D eigenvalue weighted by atomic mass is 10.2. The molecule has 0 aliphatic carbocycles. The number of aliphatic hydroxyl groups excluding tert-OH is 1. The van der Waals surface area contributed by atoms with Gasteiger partial charge in [-0.1, -0.05) is 35.9 Å². The van der Waals surface area contributed by atoms with E-state index >= 15 is 0 Å². The fraction of sp³-hybridized carbons (Fsp3) is 0.130. The van der Waals surface area contributed by atoms with Crippen LogP contribution in [0, 0.1) is 0 Å². The van der Waals surface area contributed by atoms with E-state index in [9.17, 15) is 5.11 Å². The van der Waals surface area contributed by atoms with Crippen molar-refractivity contribution in [3.05, 3.63) is 77.8 Å². The maximum atomic E-state index is 9.30. The van der Waals surface area contributed by atoms with Crippen LogP contribution in [0.2, 0.25) is 5.02 Å². The third-order valence-corrected chi connectivity index (χ3v) is 4.74. The van der Waals surface area contributed by atoms with Crippen LogP contribution in [0.1, 0.15) is 0 Å². The Morgan fingerprint density at radius 2 is 1.72 bits per heavy atom. The molecule has 0 atom stereocenters. The molecule has 1 aromatic heterocycles. The average Bonchev–Trinajstić information content (AvgIpc) is 2.81. The summed E-state index contributed by atoms with van der Waals surface area (Å²) < 4.78 is 5.54. The van der Waals surface area contributed by atoms with E-state index in [0.717, 1.165) is 16.8 Å². The molecule has 7 nitrogen and oxygen atoms in total. The Labute approximate surface area is 197 Å². The molecule has 32 heavy (non-hydrogen) atoms. The summed E-state index contributed by atoms with van der Waals surface area (Å²) in [5, 5.41) is 15.6. The van der Waals surface area contributed by atoms with Gasteiger partial charge in [-0.25, -0.2) is 4.98 Å². The highest BCUT2D eigenvalue weighted by Crippen LogP contribution is 2.34. The molecule has 2 N–H and O–H groups in total. The van der Waals surface area contributed by atoms with Gasteiger partial charge in [0.25, 0.3) is 5.95 Å². The van der Waals surface area contributed by atoms with Gasteiger partial charge in [0.1, 0.15) is 17.1 Å². The van der Waals surface area contributed by atoms with Gasteiger partial charge in [-0.3, -0.25) is 4.84 Å². The van der Waals surface area contributed by atoms with Crippen LogP contribution in [0.15, 0.2) is 72.8 Å². The predicted octanol–water partition coefficient (Wildman–Crippen LogP) is 5.52. The molecule has 0 bridgehead atoms. The number of aliphatic hydroxyl groups is 1. The molecule has 4 aromatic rings. The molecular formula is C23H22Cl2N4O3. The first-order valence-electron chi connectivity index (χ1n) is 9.66. The van der Waals surface area contributed by atoms with Crippen LogP contribution >= 0.6 is 24.0 Å². The normalized spacial score (nSPS) is 10.5. The summed E-state index contributed by atoms with van der Waals surface area (Å²) in [6.07, 6.45) is 0. The first-order valence-corrected chi connectivity index (χ1v) is 10.0. The number of para-hydroxylation sites is 2. The van der Waals surface area contributed by atoms with Crippen molar-refractivity contribution in [3.8, 4) is 5.75 Å². The topological polar surface area (TPSA) is 79.7 Å². The number of fused-ring (bicyclic) bond motifs is 1. The summed E-state index contributed by atoms with van der Waals surface area (Å²) in [7, 11) is 1.60. The minimum absolute atomic E-state index is 0. The van der Waals surface area contributed by atoms with Gasteiger partial charge in [0.2, 0.25) is 0 Å². The molecule has 0 spiro atoms. The molecule has 0 saturated carbocycles. The van der Waals surface area contributed by atoms with Gasteiger partial charge in [0.05, 0.1) is 26.0 Å². The maximum absolute atomic E-state index is 9.30. The van der Waals surface area contributed by atoms with Crippen molar-refractivity contribution in [1.82, 2.24) is 9.97 Å². The Bertz CT molecular complexity index is 1160. The fourth-order valence-corrected chi connectivity index (χ4v) is 3.20. The number of hydrogen-bond donors (Lipinski definition) is 2. The largest absolute Gasteiger partial charge is 0.494 e. The van der Waals surface area contributed by atoms with E-state index < -0.39 is 0 Å². The van der Waals surface area contributed by atoms with E-state index in [1.807, 2.05) is 60.7 Å². The molecule has 0 saturated heterocycles. The number of nitrogens with one attached hydrogen (secondary N) is 1. The van der Waals surface area contributed by atoms with Crippen molar-refractivity contribution >= 4 is 58.1 Å². The molecule has 0 radical (unpaired) electrons. The van der Waals surface area contributed by atoms with Gasteiger partial charge in [-0.05, 0) is 48.5 Å². The molecule has 0 unspecified atom stereocenters. The Morgan fingerprint density at radius 1 is 0.969 bits per heavy atom. The van der Waals surface area contributed by atoms with Crippen LogP contribution in [0.4, 0.5) is 23.1 Å². The minimum atomic E-state index is -0.143. The first kappa shape index (κ1) is 23.6. The molecule has 166 valence electrons. The molecule has 1 heterocycles. The van der Waals surface area contributed by atoms with Crippen LogP contribution in [0.5, 0.6) is 5.75 Å². The highest BCUT2D eigenvalue weighted by molar-refractivity contribution is 6.30. The molecule has 3 aromatic carbocycles. The second-order valence-electron chi connectivity index (χ2n) is 6.55. The standard InChI is InChI=1S/C23H21ClN4O3.ClH/c1-30-20-9-5-8-19-21(20)26-23(27-22(19)25-17-12-10-16(24)11-13-17)28(31-15-14-29)18-6-3-2-4-7-18;/h2-13,29H,14-15H2,1H3,(H,25,26,27);1H. The zero-order valence-electron chi connectivity index (χ0n) is 17.2. The van der Waals surface area contributed by atoms with E-state index in [2.05, 4.69) is 5.32 Å². The van der Waals surface area contributed by atoms with Crippen molar-refractivity contribution in [2.75, 3.05) is 30.7 Å². The highest BCUT2D eigenvalue weighted by Gasteiger charge is 2.19. The molecular weight excluding hydrogens is 451 g/mol. The SMILES string of the molecule is COc1cccc2c(Nc3ccc(Cl)cc3)nc(N(OCCO)c3ccccc3)nc12.Cl. The van der Waals surface area contributed by atoms with Crippen molar-refractivity contribution < 1.29 is 14.7 Å². The van der Waals surface area contributed by atoms with Crippen LogP contribution in [-0.2, 0) is 4.84 Å². The van der Waals surface area contributed by atoms with E-state index in [1.54, 1.807) is 19.2 Å². The Hall–Kier alpha value is -3.10. The predicted molar refractivity (Wildman–Crippen MR) is 130 cm³/mol. The van der Waals surface area contributed by atoms with E-state index in [0.29, 0.717) is 28.1 Å². The van der Waals surface area contributed by atoms with E-state index in [4.69, 9.17) is 31.1 Å². The van der Waals surface area contributed by atoms with Crippen molar-refractivity contribution in [3.63, 3.8) is 0 Å². The third kappa shape index (κ3) is 5.20. The zero-order chi connectivity index (χ0) is 21.6. The summed E-state index contributed by atoms with van der Waals surface area (Å²) in [6, 6.07) is 22.4. The van der Waals surface area contributed by atoms with Crippen molar-refractivity contribution in [1.29, 1.82) is 0 Å². The Kier molecular flexibility index (Phi) is 8.08. The summed E-state index contributed by atoms with van der Waals surface area (Å²) >= 11 is 6.02. The lowest BCUT2D eigenvalue weighted by molar-refractivity contribution is 0.0906. The van der Waals surface area contributed by atoms with Gasteiger partial charge in [0.15, 0.2) is 0 Å². The number of hydrogen-bond acceptors (Lipinski definition) is 7. The van der Waals surface area contributed by atoms with Crippen molar-refractivity contribution in [2.45, 2.75) is 0 Å². The molecule has 4 rings (SSSR count). The number of halogens is 2. The molecule has 0 aliphatic rings. The van der Waals surface area contributed by atoms with Gasteiger partial charge in [-0.2, -0.15) is 10.0 Å². The molecule has 0 amide bonds. The van der Waals surface area contributed by atoms with E-state index in [-0.39, 0.29) is 25.6 Å². The molecule has 9 heteroatoms. The smallest absolute Gasteiger partial charge is 0.257 e. The Balaban J connectivity index is 0.00000289. The second kappa shape index (κ2) is 11.0. The summed E-state index contributed by atoms with van der Waals surface area (Å²) in [4.78, 5) is 15.2. The Morgan fingerprint density at radius 3 is 2.41 bits per heavy atom. The molecule has 0 aliphatic heterocycles. The fourth-order valence-electron chi connectivity index (χ4n) is 3.08. The van der Waals surface area contributed by atoms with Crippen LogP contribution in [-0.4, -0.2) is 35.4 Å². The zero-order valence-corrected chi connectivity index (χ0v) is 18.8. The number of rotatable bonds is 8. The van der Waals surface area contributed by atoms with Crippen molar-refractivity contribution in [2.24, 2.45) is 0 Å². The van der Waals surface area contributed by atoms with Gasteiger partial charge >= 0.3 is 0 Å². The lowest BCUT2D eigenvalue weighted by Gasteiger charge is -2.23. The summed E-state index contributed by atoms with van der Waals surface area (Å²) in [5.41, 5.74) is 2.17. The monoisotopic (exact) mass is 472 g/mol. The summed E-state index contributed by atoms with van der Waals surface area (Å²) in [6.45, 7) is -0.0573. The number of benzene rings is 3. The first-order chi connectivity index (χ1) is 15.2. The number of ether oxygens (including phenoxy) is 1. The lowest BCUT2D eigenvalue weighted by Crippen LogP contribution is -2.22. The molecule has 0 fully saturated rings. The van der Waals surface area contributed by atoms with Gasteiger partial charge < -0.3 is 15.2 Å². The van der Waals surface area contributed by atoms with Crippen LogP contribution in [0.25, 0.3) is 10.9 Å². The quantitative estimate of drug-likeness (QED) is 0.326. The number of aromatic nitrogens is 2. The highest BCUT2D eigenvalue weighted by atomic mass is 35.5. The van der Waals surface area contributed by atoms with E-state index in [1.165, 1.54) is 5.06 Å². The third-order valence-electron chi connectivity index (χ3n) is 4.49. The maximum Gasteiger partial charge on any atom is 0.257 e.